The summed E-state index contributed by atoms with van der Waals surface area (Å²) >= 11 is 0. The van der Waals surface area contributed by atoms with Gasteiger partial charge in [0.25, 0.3) is 0 Å². The fourth-order valence-electron chi connectivity index (χ4n) is 3.81. The maximum atomic E-state index is 12.8. The molecule has 2 aromatic carbocycles. The lowest BCUT2D eigenvalue weighted by molar-refractivity contribution is -0.123. The molecule has 2 unspecified atom stereocenters. The highest BCUT2D eigenvalue weighted by Gasteiger charge is 2.50. The monoisotopic (exact) mass is 334 g/mol. The number of carbonyl (C=O) groups excluding carboxylic acids is 2. The van der Waals surface area contributed by atoms with Crippen LogP contribution in [0.5, 0.6) is 0 Å². The standard InChI is InChI=1S/C21H22N2O2/c1-13-9-14(2)11-16(10-13)22-20(24)17-12-18(17)21(25)23-8-7-15-5-3-4-6-19(15)23/h3-6,9-11,17-18H,7-8,12H2,1-2H3,(H,22,24). The van der Waals surface area contributed by atoms with E-state index in [1.54, 1.807) is 0 Å². The van der Waals surface area contributed by atoms with Crippen LogP contribution >= 0.6 is 0 Å². The third-order valence-electron chi connectivity index (χ3n) is 5.09. The van der Waals surface area contributed by atoms with Crippen molar-refractivity contribution in [3.8, 4) is 0 Å². The summed E-state index contributed by atoms with van der Waals surface area (Å²) in [6, 6.07) is 14.0. The first-order chi connectivity index (χ1) is 12.0. The number of nitrogens with one attached hydrogen (secondary N) is 1. The Balaban J connectivity index is 1.42. The fourth-order valence-corrected chi connectivity index (χ4v) is 3.81. The van der Waals surface area contributed by atoms with Crippen molar-refractivity contribution in [3.63, 3.8) is 0 Å². The third-order valence-corrected chi connectivity index (χ3v) is 5.09. The van der Waals surface area contributed by atoms with Crippen LogP contribution in [0.1, 0.15) is 23.1 Å². The molecule has 2 aromatic rings. The Bertz CT molecular complexity index is 838. The number of hydrogen-bond acceptors (Lipinski definition) is 2. The molecule has 1 heterocycles. The molecule has 0 spiro atoms. The lowest BCUT2D eigenvalue weighted by Crippen LogP contribution is -2.32. The van der Waals surface area contributed by atoms with Crippen molar-refractivity contribution in [1.82, 2.24) is 0 Å². The second-order valence-electron chi connectivity index (χ2n) is 7.18. The minimum Gasteiger partial charge on any atom is -0.326 e. The Morgan fingerprint density at radius 2 is 1.76 bits per heavy atom. The topological polar surface area (TPSA) is 49.4 Å². The van der Waals surface area contributed by atoms with Crippen LogP contribution in [0.2, 0.25) is 0 Å². The number of para-hydroxylation sites is 1. The molecule has 1 N–H and O–H groups in total. The predicted molar refractivity (Wildman–Crippen MR) is 98.6 cm³/mol. The molecule has 0 aromatic heterocycles. The summed E-state index contributed by atoms with van der Waals surface area (Å²) in [5.74, 6) is -0.348. The van der Waals surface area contributed by atoms with E-state index in [-0.39, 0.29) is 23.7 Å². The Kier molecular flexibility index (Phi) is 3.83. The van der Waals surface area contributed by atoms with Crippen LogP contribution in [0.15, 0.2) is 42.5 Å². The second kappa shape index (κ2) is 6.03. The summed E-state index contributed by atoms with van der Waals surface area (Å²) in [7, 11) is 0. The second-order valence-corrected chi connectivity index (χ2v) is 7.18. The maximum Gasteiger partial charge on any atom is 0.230 e. The van der Waals surface area contributed by atoms with Gasteiger partial charge >= 0.3 is 0 Å². The van der Waals surface area contributed by atoms with E-state index in [2.05, 4.69) is 17.4 Å². The van der Waals surface area contributed by atoms with E-state index >= 15 is 0 Å². The van der Waals surface area contributed by atoms with Crippen molar-refractivity contribution >= 4 is 23.2 Å². The average molecular weight is 334 g/mol. The van der Waals surface area contributed by atoms with Crippen molar-refractivity contribution in [3.05, 3.63) is 59.2 Å². The minimum atomic E-state index is -0.207. The fraction of sp³-hybridized carbons (Fsp3) is 0.333. The van der Waals surface area contributed by atoms with Crippen molar-refractivity contribution in [2.24, 2.45) is 11.8 Å². The van der Waals surface area contributed by atoms with Crippen LogP contribution in [0.25, 0.3) is 0 Å². The molecule has 25 heavy (non-hydrogen) atoms. The summed E-state index contributed by atoms with van der Waals surface area (Å²) in [4.78, 5) is 27.1. The van der Waals surface area contributed by atoms with E-state index in [1.165, 1.54) is 5.56 Å². The molecular formula is C21H22N2O2. The smallest absolute Gasteiger partial charge is 0.230 e. The molecule has 2 atom stereocenters. The highest BCUT2D eigenvalue weighted by atomic mass is 16.2. The normalized spacial score (nSPS) is 21.0. The molecule has 4 heteroatoms. The van der Waals surface area contributed by atoms with Crippen molar-refractivity contribution in [2.75, 3.05) is 16.8 Å². The van der Waals surface area contributed by atoms with Gasteiger partial charge in [0.05, 0.1) is 11.8 Å². The zero-order valence-electron chi connectivity index (χ0n) is 14.6. The molecule has 4 rings (SSSR count). The van der Waals surface area contributed by atoms with Gasteiger partial charge in [0.1, 0.15) is 0 Å². The van der Waals surface area contributed by atoms with Crippen LogP contribution in [0, 0.1) is 25.7 Å². The number of nitrogens with zero attached hydrogens (tertiary/aromatic N) is 1. The zero-order chi connectivity index (χ0) is 17.6. The third kappa shape index (κ3) is 3.04. The van der Waals surface area contributed by atoms with Crippen molar-refractivity contribution < 1.29 is 9.59 Å². The quantitative estimate of drug-likeness (QED) is 0.934. The maximum absolute atomic E-state index is 12.8. The molecule has 1 aliphatic heterocycles. The van der Waals surface area contributed by atoms with Gasteiger partial charge in [-0.15, -0.1) is 0 Å². The highest BCUT2D eigenvalue weighted by molar-refractivity contribution is 6.05. The van der Waals surface area contributed by atoms with Gasteiger partial charge in [0.2, 0.25) is 11.8 Å². The van der Waals surface area contributed by atoms with E-state index in [4.69, 9.17) is 0 Å². The van der Waals surface area contributed by atoms with Gasteiger partial charge < -0.3 is 10.2 Å². The van der Waals surface area contributed by atoms with Crippen LogP contribution in [-0.2, 0) is 16.0 Å². The van der Waals surface area contributed by atoms with Crippen LogP contribution < -0.4 is 10.2 Å². The minimum absolute atomic E-state index is 0.0455. The summed E-state index contributed by atoms with van der Waals surface area (Å²) in [5.41, 5.74) is 5.27. The summed E-state index contributed by atoms with van der Waals surface area (Å²) in [6.45, 7) is 4.74. The number of anilines is 2. The molecule has 1 saturated carbocycles. The number of fused-ring (bicyclic) bond motifs is 1. The molecule has 2 aliphatic rings. The molecule has 1 aliphatic carbocycles. The molecular weight excluding hydrogens is 312 g/mol. The van der Waals surface area contributed by atoms with Gasteiger partial charge in [-0.1, -0.05) is 24.3 Å². The largest absolute Gasteiger partial charge is 0.326 e. The lowest BCUT2D eigenvalue weighted by atomic mass is 10.1. The average Bonchev–Trinajstić information content (AvgIpc) is 3.26. The van der Waals surface area contributed by atoms with Crippen molar-refractivity contribution in [2.45, 2.75) is 26.7 Å². The van der Waals surface area contributed by atoms with Crippen LogP contribution in [0.3, 0.4) is 0 Å². The SMILES string of the molecule is Cc1cc(C)cc(NC(=O)C2CC2C(=O)N2CCc3ccccc32)c1. The molecule has 1 fully saturated rings. The zero-order valence-corrected chi connectivity index (χ0v) is 14.6. The molecule has 4 nitrogen and oxygen atoms in total. The summed E-state index contributed by atoms with van der Waals surface area (Å²) in [6.07, 6.45) is 1.54. The number of amides is 2. The molecule has 0 bridgehead atoms. The number of aryl methyl sites for hydroxylation is 2. The van der Waals surface area contributed by atoms with E-state index < -0.39 is 0 Å². The number of carbonyl (C=O) groups is 2. The Hall–Kier alpha value is -2.62. The van der Waals surface area contributed by atoms with Gasteiger partial charge in [-0.3, -0.25) is 9.59 Å². The Labute approximate surface area is 147 Å². The molecule has 2 amide bonds. The van der Waals surface area contributed by atoms with Gasteiger partial charge in [-0.25, -0.2) is 0 Å². The van der Waals surface area contributed by atoms with Crippen LogP contribution in [-0.4, -0.2) is 18.4 Å². The molecule has 0 radical (unpaired) electrons. The number of hydrogen-bond donors (Lipinski definition) is 1. The Morgan fingerprint density at radius 3 is 2.52 bits per heavy atom. The Morgan fingerprint density at radius 1 is 1.04 bits per heavy atom. The van der Waals surface area contributed by atoms with E-state index in [0.29, 0.717) is 6.42 Å². The van der Waals surface area contributed by atoms with Crippen LogP contribution in [0.4, 0.5) is 11.4 Å². The summed E-state index contributed by atoms with van der Waals surface area (Å²) < 4.78 is 0. The molecule has 128 valence electrons. The first-order valence-corrected chi connectivity index (χ1v) is 8.81. The van der Waals surface area contributed by atoms with Gasteiger partial charge in [0.15, 0.2) is 0 Å². The van der Waals surface area contributed by atoms with Gasteiger partial charge in [0, 0.05) is 17.9 Å². The molecule has 0 saturated heterocycles. The lowest BCUT2D eigenvalue weighted by Gasteiger charge is -2.17. The number of benzene rings is 2. The first-order valence-electron chi connectivity index (χ1n) is 8.81. The predicted octanol–water partition coefficient (Wildman–Crippen LogP) is 3.47. The summed E-state index contributed by atoms with van der Waals surface area (Å²) in [5, 5.41) is 2.97. The van der Waals surface area contributed by atoms with Gasteiger partial charge in [-0.2, -0.15) is 0 Å². The van der Waals surface area contributed by atoms with Crippen molar-refractivity contribution in [1.29, 1.82) is 0 Å². The van der Waals surface area contributed by atoms with Gasteiger partial charge in [-0.05, 0) is 61.6 Å². The van der Waals surface area contributed by atoms with E-state index in [1.807, 2.05) is 49.1 Å². The first kappa shape index (κ1) is 15.9. The number of rotatable bonds is 3. The van der Waals surface area contributed by atoms with E-state index in [9.17, 15) is 9.59 Å². The van der Waals surface area contributed by atoms with E-state index in [0.717, 1.165) is 35.5 Å². The highest BCUT2D eigenvalue weighted by Crippen LogP contribution is 2.43.